The Kier molecular flexibility index (Phi) is 2.17. The third kappa shape index (κ3) is 1.64. The number of carbonyl (C=O) groups is 1. The molecule has 0 saturated heterocycles. The molecule has 2 rings (SSSR count). The van der Waals surface area contributed by atoms with Crippen LogP contribution >= 0.6 is 0 Å². The van der Waals surface area contributed by atoms with Crippen LogP contribution in [-0.2, 0) is 11.2 Å². The number of rotatable bonds is 3. The van der Waals surface area contributed by atoms with Crippen molar-refractivity contribution in [3.63, 3.8) is 0 Å². The van der Waals surface area contributed by atoms with Gasteiger partial charge in [0.05, 0.1) is 6.33 Å². The van der Waals surface area contributed by atoms with E-state index < -0.39 is 0 Å². The van der Waals surface area contributed by atoms with Crippen LogP contribution in [0.15, 0.2) is 12.5 Å². The van der Waals surface area contributed by atoms with Crippen molar-refractivity contribution >= 4 is 5.78 Å². The van der Waals surface area contributed by atoms with Gasteiger partial charge in [-0.05, 0) is 26.2 Å². The minimum Gasteiger partial charge on any atom is -0.331 e. The van der Waals surface area contributed by atoms with E-state index in [4.69, 9.17) is 0 Å². The van der Waals surface area contributed by atoms with Crippen molar-refractivity contribution in [2.45, 2.75) is 38.6 Å². The van der Waals surface area contributed by atoms with Crippen LogP contribution in [0, 0.1) is 0 Å². The molecule has 0 radical (unpaired) electrons. The first-order chi connectivity index (χ1) is 6.27. The molecule has 0 atom stereocenters. The van der Waals surface area contributed by atoms with E-state index in [-0.39, 0.29) is 5.78 Å². The summed E-state index contributed by atoms with van der Waals surface area (Å²) in [5, 5.41) is 0. The SMILES string of the molecule is CC(=O)Cc1cncn1C1CCC1. The molecule has 0 N–H and O–H groups in total. The zero-order valence-corrected chi connectivity index (χ0v) is 7.86. The number of imidazole rings is 1. The number of Topliss-reactive ketones (excluding diaryl/α,β-unsaturated/α-hetero) is 1. The van der Waals surface area contributed by atoms with Gasteiger partial charge >= 0.3 is 0 Å². The van der Waals surface area contributed by atoms with Gasteiger partial charge in [0.1, 0.15) is 5.78 Å². The van der Waals surface area contributed by atoms with Crippen molar-refractivity contribution in [3.05, 3.63) is 18.2 Å². The quantitative estimate of drug-likeness (QED) is 0.706. The van der Waals surface area contributed by atoms with Gasteiger partial charge < -0.3 is 4.57 Å². The van der Waals surface area contributed by atoms with Crippen molar-refractivity contribution in [2.75, 3.05) is 0 Å². The summed E-state index contributed by atoms with van der Waals surface area (Å²) >= 11 is 0. The summed E-state index contributed by atoms with van der Waals surface area (Å²) in [6.07, 6.45) is 7.96. The molecule has 0 bridgehead atoms. The lowest BCUT2D eigenvalue weighted by molar-refractivity contribution is -0.116. The van der Waals surface area contributed by atoms with Gasteiger partial charge in [-0.2, -0.15) is 0 Å². The molecular formula is C10H14N2O. The van der Waals surface area contributed by atoms with E-state index in [1.54, 1.807) is 13.1 Å². The van der Waals surface area contributed by atoms with Crippen LogP contribution < -0.4 is 0 Å². The minimum absolute atomic E-state index is 0.209. The summed E-state index contributed by atoms with van der Waals surface area (Å²) in [6.45, 7) is 1.62. The average molecular weight is 178 g/mol. The van der Waals surface area contributed by atoms with Crippen molar-refractivity contribution < 1.29 is 4.79 Å². The first kappa shape index (κ1) is 8.48. The maximum atomic E-state index is 11.0. The van der Waals surface area contributed by atoms with E-state index >= 15 is 0 Å². The molecule has 3 heteroatoms. The molecule has 1 aliphatic carbocycles. The van der Waals surface area contributed by atoms with Gasteiger partial charge in [0.2, 0.25) is 0 Å². The average Bonchev–Trinajstić information content (AvgIpc) is 2.32. The number of nitrogens with zero attached hydrogens (tertiary/aromatic N) is 2. The second-order valence-corrected chi connectivity index (χ2v) is 3.76. The standard InChI is InChI=1S/C10H14N2O/c1-8(13)5-10-6-11-7-12(10)9-3-2-4-9/h6-7,9H,2-5H2,1H3. The predicted molar refractivity (Wildman–Crippen MR) is 49.5 cm³/mol. The fourth-order valence-corrected chi connectivity index (χ4v) is 1.72. The highest BCUT2D eigenvalue weighted by molar-refractivity contribution is 5.77. The van der Waals surface area contributed by atoms with Crippen LogP contribution in [0.25, 0.3) is 0 Å². The number of hydrogen-bond donors (Lipinski definition) is 0. The van der Waals surface area contributed by atoms with Gasteiger partial charge in [-0.25, -0.2) is 4.98 Å². The van der Waals surface area contributed by atoms with Crippen LogP contribution in [0.1, 0.15) is 37.9 Å². The maximum Gasteiger partial charge on any atom is 0.135 e. The lowest BCUT2D eigenvalue weighted by Gasteiger charge is -2.28. The fourth-order valence-electron chi connectivity index (χ4n) is 1.72. The zero-order valence-electron chi connectivity index (χ0n) is 7.86. The maximum absolute atomic E-state index is 11.0. The Hall–Kier alpha value is -1.12. The first-order valence-corrected chi connectivity index (χ1v) is 4.77. The highest BCUT2D eigenvalue weighted by Crippen LogP contribution is 2.32. The predicted octanol–water partition coefficient (Wildman–Crippen LogP) is 1.74. The third-order valence-electron chi connectivity index (χ3n) is 2.64. The number of carbonyl (C=O) groups excluding carboxylic acids is 1. The van der Waals surface area contributed by atoms with E-state index in [1.165, 1.54) is 19.3 Å². The molecule has 0 aliphatic heterocycles. The van der Waals surface area contributed by atoms with E-state index in [0.717, 1.165) is 5.69 Å². The highest BCUT2D eigenvalue weighted by Gasteiger charge is 2.21. The van der Waals surface area contributed by atoms with Crippen molar-refractivity contribution in [1.29, 1.82) is 0 Å². The van der Waals surface area contributed by atoms with Gasteiger partial charge in [0.25, 0.3) is 0 Å². The normalized spacial score (nSPS) is 17.0. The molecule has 1 aliphatic rings. The van der Waals surface area contributed by atoms with E-state index in [0.29, 0.717) is 12.5 Å². The number of ketones is 1. The molecule has 1 heterocycles. The van der Waals surface area contributed by atoms with Crippen molar-refractivity contribution in [1.82, 2.24) is 9.55 Å². The lowest BCUT2D eigenvalue weighted by Crippen LogP contribution is -2.19. The molecule has 0 amide bonds. The Morgan fingerprint density at radius 1 is 1.69 bits per heavy atom. The second-order valence-electron chi connectivity index (χ2n) is 3.76. The van der Waals surface area contributed by atoms with Crippen molar-refractivity contribution in [3.8, 4) is 0 Å². The molecule has 0 aromatic carbocycles. The first-order valence-electron chi connectivity index (χ1n) is 4.77. The summed E-state index contributed by atoms with van der Waals surface area (Å²) in [4.78, 5) is 15.0. The zero-order chi connectivity index (χ0) is 9.26. The molecule has 1 saturated carbocycles. The molecule has 0 unspecified atom stereocenters. The van der Waals surface area contributed by atoms with Gasteiger partial charge in [-0.3, -0.25) is 4.79 Å². The Morgan fingerprint density at radius 3 is 3.00 bits per heavy atom. The summed E-state index contributed by atoms with van der Waals surface area (Å²) in [7, 11) is 0. The van der Waals surface area contributed by atoms with Crippen LogP contribution in [-0.4, -0.2) is 15.3 Å². The van der Waals surface area contributed by atoms with E-state index in [1.807, 2.05) is 6.33 Å². The summed E-state index contributed by atoms with van der Waals surface area (Å²) < 4.78 is 2.16. The summed E-state index contributed by atoms with van der Waals surface area (Å²) in [5.41, 5.74) is 1.07. The third-order valence-corrected chi connectivity index (χ3v) is 2.64. The van der Waals surface area contributed by atoms with Crippen LogP contribution in [0.5, 0.6) is 0 Å². The fraction of sp³-hybridized carbons (Fsp3) is 0.600. The second kappa shape index (κ2) is 3.32. The molecule has 1 aromatic heterocycles. The number of hydrogen-bond acceptors (Lipinski definition) is 2. The number of aromatic nitrogens is 2. The molecule has 1 fully saturated rings. The largest absolute Gasteiger partial charge is 0.331 e. The molecule has 13 heavy (non-hydrogen) atoms. The van der Waals surface area contributed by atoms with Gasteiger partial charge in [0, 0.05) is 24.4 Å². The summed E-state index contributed by atoms with van der Waals surface area (Å²) in [6, 6.07) is 0.608. The van der Waals surface area contributed by atoms with Crippen LogP contribution in [0.3, 0.4) is 0 Å². The molecule has 0 spiro atoms. The van der Waals surface area contributed by atoms with Gasteiger partial charge in [-0.1, -0.05) is 0 Å². The van der Waals surface area contributed by atoms with Gasteiger partial charge in [-0.15, -0.1) is 0 Å². The molecule has 70 valence electrons. The monoisotopic (exact) mass is 178 g/mol. The van der Waals surface area contributed by atoms with Crippen LogP contribution in [0.2, 0.25) is 0 Å². The van der Waals surface area contributed by atoms with Crippen LogP contribution in [0.4, 0.5) is 0 Å². The highest BCUT2D eigenvalue weighted by atomic mass is 16.1. The summed E-state index contributed by atoms with van der Waals surface area (Å²) in [5.74, 6) is 0.209. The Balaban J connectivity index is 2.14. The molecule has 1 aromatic rings. The topological polar surface area (TPSA) is 34.9 Å². The van der Waals surface area contributed by atoms with E-state index in [9.17, 15) is 4.79 Å². The minimum atomic E-state index is 0.209. The van der Waals surface area contributed by atoms with Crippen molar-refractivity contribution in [2.24, 2.45) is 0 Å². The molecule has 3 nitrogen and oxygen atoms in total. The Morgan fingerprint density at radius 2 is 2.46 bits per heavy atom. The smallest absolute Gasteiger partial charge is 0.135 e. The van der Waals surface area contributed by atoms with E-state index in [2.05, 4.69) is 9.55 Å². The Bertz CT molecular complexity index is 312. The lowest BCUT2D eigenvalue weighted by atomic mass is 9.92. The van der Waals surface area contributed by atoms with Gasteiger partial charge in [0.15, 0.2) is 0 Å². The molecular weight excluding hydrogens is 164 g/mol. The Labute approximate surface area is 77.8 Å².